The summed E-state index contributed by atoms with van der Waals surface area (Å²) < 4.78 is 1.67. The van der Waals surface area contributed by atoms with Gasteiger partial charge in [-0.2, -0.15) is 5.10 Å². The summed E-state index contributed by atoms with van der Waals surface area (Å²) in [6, 6.07) is -1.28. The molecule has 1 rings (SSSR count). The van der Waals surface area contributed by atoms with Gasteiger partial charge in [0, 0.05) is 32.4 Å². The minimum absolute atomic E-state index is 0.329. The largest absolute Gasteiger partial charge is 0.480 e. The van der Waals surface area contributed by atoms with E-state index in [-0.39, 0.29) is 0 Å². The lowest BCUT2D eigenvalue weighted by molar-refractivity contribution is -0.141. The molecule has 0 saturated carbocycles. The third kappa shape index (κ3) is 3.22. The van der Waals surface area contributed by atoms with Gasteiger partial charge in [0.15, 0.2) is 0 Å². The van der Waals surface area contributed by atoms with Crippen LogP contribution < -0.4 is 5.32 Å². The summed E-state index contributed by atoms with van der Waals surface area (Å²) in [5.41, 5.74) is 1.74. The van der Waals surface area contributed by atoms with Gasteiger partial charge in [-0.25, -0.2) is 9.59 Å². The van der Waals surface area contributed by atoms with Gasteiger partial charge in [-0.3, -0.25) is 4.68 Å². The summed E-state index contributed by atoms with van der Waals surface area (Å²) in [6.07, 6.45) is 1.82. The minimum atomic E-state index is -1.04. The van der Waals surface area contributed by atoms with Crippen LogP contribution in [0.4, 0.5) is 4.79 Å². The van der Waals surface area contributed by atoms with Gasteiger partial charge in [-0.15, -0.1) is 0 Å². The quantitative estimate of drug-likeness (QED) is 0.811. The second kappa shape index (κ2) is 5.52. The van der Waals surface area contributed by atoms with Crippen LogP contribution >= 0.6 is 0 Å². The number of hydrogen-bond acceptors (Lipinski definition) is 3. The Labute approximate surface area is 105 Å². The van der Waals surface area contributed by atoms with Gasteiger partial charge in [-0.05, 0) is 13.8 Å². The Bertz CT molecular complexity index is 455. The third-order valence-corrected chi connectivity index (χ3v) is 2.80. The number of likely N-dealkylation sites (N-methyl/N-ethyl adjacent to an activating group) is 1. The van der Waals surface area contributed by atoms with Crippen LogP contribution in [-0.2, 0) is 18.4 Å². The topological polar surface area (TPSA) is 87.5 Å². The molecule has 1 aromatic rings. The number of aliphatic carboxylic acids is 1. The molecule has 0 aliphatic heterocycles. The van der Waals surface area contributed by atoms with E-state index in [1.165, 1.54) is 14.0 Å². The predicted molar refractivity (Wildman–Crippen MR) is 65.0 cm³/mol. The van der Waals surface area contributed by atoms with E-state index in [9.17, 15) is 9.59 Å². The number of carbonyl (C=O) groups excluding carboxylic acids is 1. The van der Waals surface area contributed by atoms with E-state index in [1.807, 2.05) is 13.1 Å². The second-order valence-corrected chi connectivity index (χ2v) is 4.20. The van der Waals surface area contributed by atoms with Crippen LogP contribution in [-0.4, -0.2) is 44.9 Å². The molecular formula is C11H18N4O3. The number of carboxylic acids is 1. The van der Waals surface area contributed by atoms with E-state index in [1.54, 1.807) is 11.7 Å². The Morgan fingerprint density at radius 1 is 1.61 bits per heavy atom. The SMILES string of the molecule is Cc1nn(C)cc1CNC(=O)N(C)C(C)C(=O)O. The highest BCUT2D eigenvalue weighted by Crippen LogP contribution is 2.04. The first-order chi connectivity index (χ1) is 8.32. The van der Waals surface area contributed by atoms with Gasteiger partial charge >= 0.3 is 12.0 Å². The minimum Gasteiger partial charge on any atom is -0.480 e. The maximum absolute atomic E-state index is 11.7. The molecular weight excluding hydrogens is 236 g/mol. The van der Waals surface area contributed by atoms with Crippen molar-refractivity contribution < 1.29 is 14.7 Å². The standard InChI is InChI=1S/C11H18N4O3/c1-7-9(6-14(3)13-7)5-12-11(18)15(4)8(2)10(16)17/h6,8H,5H2,1-4H3,(H,12,18)(H,16,17). The number of carboxylic acid groups (broad SMARTS) is 1. The van der Waals surface area contributed by atoms with Gasteiger partial charge in [0.05, 0.1) is 5.69 Å². The number of nitrogens with zero attached hydrogens (tertiary/aromatic N) is 3. The van der Waals surface area contributed by atoms with E-state index in [0.717, 1.165) is 16.2 Å². The molecule has 18 heavy (non-hydrogen) atoms. The van der Waals surface area contributed by atoms with Gasteiger partial charge < -0.3 is 15.3 Å². The Kier molecular flexibility index (Phi) is 4.30. The molecule has 0 aliphatic carbocycles. The first-order valence-corrected chi connectivity index (χ1v) is 5.55. The van der Waals surface area contributed by atoms with Crippen molar-refractivity contribution in [3.8, 4) is 0 Å². The molecule has 0 bridgehead atoms. The molecule has 1 aromatic heterocycles. The van der Waals surface area contributed by atoms with Crippen LogP contribution in [0.25, 0.3) is 0 Å². The van der Waals surface area contributed by atoms with E-state index in [2.05, 4.69) is 10.4 Å². The van der Waals surface area contributed by atoms with Crippen molar-refractivity contribution in [2.75, 3.05) is 7.05 Å². The first-order valence-electron chi connectivity index (χ1n) is 5.55. The molecule has 7 heteroatoms. The maximum atomic E-state index is 11.7. The maximum Gasteiger partial charge on any atom is 0.326 e. The number of hydrogen-bond donors (Lipinski definition) is 2. The molecule has 2 amide bonds. The van der Waals surface area contributed by atoms with Crippen molar-refractivity contribution in [2.24, 2.45) is 7.05 Å². The van der Waals surface area contributed by atoms with Gasteiger partial charge in [-0.1, -0.05) is 0 Å². The van der Waals surface area contributed by atoms with Gasteiger partial charge in [0.2, 0.25) is 0 Å². The molecule has 0 spiro atoms. The van der Waals surface area contributed by atoms with E-state index in [4.69, 9.17) is 5.11 Å². The van der Waals surface area contributed by atoms with Crippen molar-refractivity contribution in [3.05, 3.63) is 17.5 Å². The molecule has 0 saturated heterocycles. The molecule has 1 heterocycles. The first kappa shape index (κ1) is 14.0. The lowest BCUT2D eigenvalue weighted by atomic mass is 10.2. The molecule has 0 aliphatic rings. The highest BCUT2D eigenvalue weighted by atomic mass is 16.4. The highest BCUT2D eigenvalue weighted by molar-refractivity contribution is 5.82. The average Bonchev–Trinajstić information content (AvgIpc) is 2.62. The van der Waals surface area contributed by atoms with Crippen molar-refractivity contribution in [1.29, 1.82) is 0 Å². The Hall–Kier alpha value is -2.05. The van der Waals surface area contributed by atoms with E-state index < -0.39 is 18.0 Å². The molecule has 2 N–H and O–H groups in total. The van der Waals surface area contributed by atoms with Crippen LogP contribution in [0.3, 0.4) is 0 Å². The predicted octanol–water partition coefficient (Wildman–Crippen LogP) is 0.343. The lowest BCUT2D eigenvalue weighted by Gasteiger charge is -2.21. The van der Waals surface area contributed by atoms with E-state index in [0.29, 0.717) is 6.54 Å². The third-order valence-electron chi connectivity index (χ3n) is 2.80. The summed E-state index contributed by atoms with van der Waals surface area (Å²) in [5, 5.41) is 15.6. The van der Waals surface area contributed by atoms with Crippen LogP contribution in [0.15, 0.2) is 6.20 Å². The average molecular weight is 254 g/mol. The van der Waals surface area contributed by atoms with Crippen LogP contribution in [0.2, 0.25) is 0 Å². The fraction of sp³-hybridized carbons (Fsp3) is 0.545. The number of aromatic nitrogens is 2. The zero-order valence-corrected chi connectivity index (χ0v) is 11.0. The van der Waals surface area contributed by atoms with Crippen molar-refractivity contribution in [2.45, 2.75) is 26.4 Å². The smallest absolute Gasteiger partial charge is 0.326 e. The Morgan fingerprint density at radius 3 is 2.67 bits per heavy atom. The lowest BCUT2D eigenvalue weighted by Crippen LogP contribution is -2.45. The van der Waals surface area contributed by atoms with Crippen molar-refractivity contribution in [1.82, 2.24) is 20.0 Å². The Balaban J connectivity index is 2.56. The number of amides is 2. The summed E-state index contributed by atoms with van der Waals surface area (Å²) in [5.74, 6) is -1.04. The normalized spacial score (nSPS) is 12.0. The summed E-state index contributed by atoms with van der Waals surface area (Å²) >= 11 is 0. The van der Waals surface area contributed by atoms with Crippen LogP contribution in [0.1, 0.15) is 18.2 Å². The number of urea groups is 1. The molecule has 0 aromatic carbocycles. The number of carbonyl (C=O) groups is 2. The Morgan fingerprint density at radius 2 is 2.22 bits per heavy atom. The fourth-order valence-electron chi connectivity index (χ4n) is 1.46. The zero-order chi connectivity index (χ0) is 13.9. The van der Waals surface area contributed by atoms with Gasteiger partial charge in [0.25, 0.3) is 0 Å². The number of aryl methyl sites for hydroxylation is 2. The number of rotatable bonds is 4. The van der Waals surface area contributed by atoms with Gasteiger partial charge in [0.1, 0.15) is 6.04 Å². The summed E-state index contributed by atoms with van der Waals surface area (Å²) in [4.78, 5) is 23.6. The van der Waals surface area contributed by atoms with E-state index >= 15 is 0 Å². The highest BCUT2D eigenvalue weighted by Gasteiger charge is 2.21. The molecule has 1 atom stereocenters. The molecule has 1 unspecified atom stereocenters. The monoisotopic (exact) mass is 254 g/mol. The van der Waals surface area contributed by atoms with Crippen molar-refractivity contribution in [3.63, 3.8) is 0 Å². The van der Waals surface area contributed by atoms with Crippen molar-refractivity contribution >= 4 is 12.0 Å². The molecule has 0 fully saturated rings. The van der Waals surface area contributed by atoms with Crippen LogP contribution in [0, 0.1) is 6.92 Å². The fourth-order valence-corrected chi connectivity index (χ4v) is 1.46. The zero-order valence-electron chi connectivity index (χ0n) is 11.0. The molecule has 0 radical (unpaired) electrons. The van der Waals surface area contributed by atoms with Crippen LogP contribution in [0.5, 0.6) is 0 Å². The number of nitrogens with one attached hydrogen (secondary N) is 1. The summed E-state index contributed by atoms with van der Waals surface area (Å²) in [7, 11) is 3.25. The second-order valence-electron chi connectivity index (χ2n) is 4.20. The summed E-state index contributed by atoms with van der Waals surface area (Å²) in [6.45, 7) is 3.64. The molecule has 100 valence electrons. The molecule has 7 nitrogen and oxygen atoms in total.